The number of anilines is 1. The molecule has 0 saturated carbocycles. The Bertz CT molecular complexity index is 982. The highest BCUT2D eigenvalue weighted by Crippen LogP contribution is 2.23. The monoisotopic (exact) mass is 349 g/mol. The first-order chi connectivity index (χ1) is 12.2. The summed E-state index contributed by atoms with van der Waals surface area (Å²) in [7, 11) is 0. The lowest BCUT2D eigenvalue weighted by Crippen LogP contribution is -2.07. The first kappa shape index (κ1) is 16.8. The molecule has 25 heavy (non-hydrogen) atoms. The van der Waals surface area contributed by atoms with Crippen LogP contribution in [0.4, 0.5) is 5.69 Å². The number of carbonyl (C=O) groups excluding carboxylic acids is 1. The fourth-order valence-electron chi connectivity index (χ4n) is 2.68. The Morgan fingerprint density at radius 3 is 2.88 bits per heavy atom. The van der Waals surface area contributed by atoms with Gasteiger partial charge in [-0.2, -0.15) is 5.26 Å². The van der Waals surface area contributed by atoms with Crippen molar-refractivity contribution in [3.63, 3.8) is 0 Å². The van der Waals surface area contributed by atoms with E-state index in [2.05, 4.69) is 11.4 Å². The van der Waals surface area contributed by atoms with E-state index in [1.807, 2.05) is 35.0 Å². The summed E-state index contributed by atoms with van der Waals surface area (Å²) < 4.78 is 2.03. The van der Waals surface area contributed by atoms with Gasteiger partial charge < -0.3 is 9.88 Å². The molecule has 0 fully saturated rings. The molecule has 3 aromatic rings. The van der Waals surface area contributed by atoms with Gasteiger partial charge in [0.15, 0.2) is 0 Å². The minimum absolute atomic E-state index is 0.226. The van der Waals surface area contributed by atoms with Crippen molar-refractivity contribution in [1.29, 1.82) is 5.26 Å². The predicted octanol–water partition coefficient (Wildman–Crippen LogP) is 4.86. The summed E-state index contributed by atoms with van der Waals surface area (Å²) in [6.07, 6.45) is 5.69. The van der Waals surface area contributed by atoms with E-state index in [0.29, 0.717) is 23.7 Å². The van der Waals surface area contributed by atoms with Crippen LogP contribution in [-0.2, 0) is 11.3 Å². The van der Waals surface area contributed by atoms with Crippen molar-refractivity contribution in [2.75, 3.05) is 5.32 Å². The summed E-state index contributed by atoms with van der Waals surface area (Å²) in [5.41, 5.74) is 2.64. The number of nitrogens with zero attached hydrogens (tertiary/aromatic N) is 2. The molecule has 1 N–H and O–H groups in total. The second kappa shape index (κ2) is 7.69. The van der Waals surface area contributed by atoms with Crippen molar-refractivity contribution in [2.24, 2.45) is 0 Å². The molecule has 5 heteroatoms. The van der Waals surface area contributed by atoms with Gasteiger partial charge in [0.05, 0.1) is 12.5 Å². The summed E-state index contributed by atoms with van der Waals surface area (Å²) in [6.45, 7) is 0.625. The Kier molecular flexibility index (Phi) is 5.17. The average Bonchev–Trinajstić information content (AvgIpc) is 2.96. The minimum Gasteiger partial charge on any atom is -0.346 e. The number of benzene rings is 2. The van der Waals surface area contributed by atoms with Crippen LogP contribution in [0.5, 0.6) is 0 Å². The molecular formula is C20H16ClN3O. The number of aryl methyl sites for hydroxylation is 1. The van der Waals surface area contributed by atoms with Crippen molar-refractivity contribution >= 4 is 40.2 Å². The van der Waals surface area contributed by atoms with E-state index in [0.717, 1.165) is 16.5 Å². The number of hydrogen-bond donors (Lipinski definition) is 1. The zero-order valence-electron chi connectivity index (χ0n) is 13.4. The summed E-state index contributed by atoms with van der Waals surface area (Å²) in [6, 6.07) is 17.1. The summed E-state index contributed by atoms with van der Waals surface area (Å²) >= 11 is 5.92. The molecule has 1 heterocycles. The van der Waals surface area contributed by atoms with Gasteiger partial charge in [0, 0.05) is 46.0 Å². The maximum Gasteiger partial charge on any atom is 0.248 e. The molecule has 4 nitrogen and oxygen atoms in total. The highest BCUT2D eigenvalue weighted by molar-refractivity contribution is 6.30. The van der Waals surface area contributed by atoms with E-state index >= 15 is 0 Å². The average molecular weight is 350 g/mol. The van der Waals surface area contributed by atoms with E-state index < -0.39 is 0 Å². The number of hydrogen-bond acceptors (Lipinski definition) is 2. The molecule has 0 spiro atoms. The first-order valence-corrected chi connectivity index (χ1v) is 8.24. The number of aromatic nitrogens is 1. The predicted molar refractivity (Wildman–Crippen MR) is 101 cm³/mol. The van der Waals surface area contributed by atoms with E-state index in [1.54, 1.807) is 30.3 Å². The van der Waals surface area contributed by atoms with Gasteiger partial charge in [-0.3, -0.25) is 4.79 Å². The number of carbonyl (C=O) groups is 1. The number of nitrogens with one attached hydrogen (secondary N) is 1. The van der Waals surface area contributed by atoms with Crippen LogP contribution in [0.15, 0.2) is 60.8 Å². The molecule has 1 aromatic heterocycles. The van der Waals surface area contributed by atoms with E-state index in [4.69, 9.17) is 16.9 Å². The number of nitriles is 1. The van der Waals surface area contributed by atoms with Crippen LogP contribution in [0.1, 0.15) is 12.0 Å². The Morgan fingerprint density at radius 2 is 2.08 bits per heavy atom. The van der Waals surface area contributed by atoms with Gasteiger partial charge in [-0.15, -0.1) is 0 Å². The van der Waals surface area contributed by atoms with Gasteiger partial charge in [0.25, 0.3) is 0 Å². The molecule has 0 unspecified atom stereocenters. The number of halogens is 1. The third kappa shape index (κ3) is 4.09. The van der Waals surface area contributed by atoms with Crippen molar-refractivity contribution in [3.05, 3.63) is 71.4 Å². The van der Waals surface area contributed by atoms with Crippen LogP contribution >= 0.6 is 11.6 Å². The van der Waals surface area contributed by atoms with Crippen LogP contribution in [0.3, 0.4) is 0 Å². The Balaban J connectivity index is 1.81. The minimum atomic E-state index is -0.226. The normalized spacial score (nSPS) is 10.9. The third-order valence-corrected chi connectivity index (χ3v) is 4.03. The standard InChI is InChI=1S/C20H16ClN3O/c21-16-5-3-6-17(13-16)23-20(25)10-9-15-14-24(12-4-11-22)19-8-2-1-7-18(15)19/h1-3,5-10,13-14H,4,12H2,(H,23,25)/b10-9+. The number of amides is 1. The SMILES string of the molecule is N#CCCn1cc(/C=C/C(=O)Nc2cccc(Cl)c2)c2ccccc21. The molecule has 0 aliphatic rings. The highest BCUT2D eigenvalue weighted by Gasteiger charge is 2.06. The van der Waals surface area contributed by atoms with Crippen LogP contribution in [0, 0.1) is 11.3 Å². The topological polar surface area (TPSA) is 57.8 Å². The second-order valence-electron chi connectivity index (χ2n) is 5.54. The Morgan fingerprint density at radius 1 is 1.24 bits per heavy atom. The molecule has 0 atom stereocenters. The van der Waals surface area contributed by atoms with Crippen molar-refractivity contribution in [1.82, 2.24) is 4.57 Å². The van der Waals surface area contributed by atoms with Crippen molar-refractivity contribution < 1.29 is 4.79 Å². The van der Waals surface area contributed by atoms with Gasteiger partial charge in [-0.1, -0.05) is 35.9 Å². The highest BCUT2D eigenvalue weighted by atomic mass is 35.5. The molecule has 0 aliphatic heterocycles. The quantitative estimate of drug-likeness (QED) is 0.669. The lowest BCUT2D eigenvalue weighted by Gasteiger charge is -2.01. The van der Waals surface area contributed by atoms with E-state index in [1.165, 1.54) is 6.08 Å². The number of para-hydroxylation sites is 1. The smallest absolute Gasteiger partial charge is 0.248 e. The second-order valence-corrected chi connectivity index (χ2v) is 5.97. The van der Waals surface area contributed by atoms with Gasteiger partial charge in [0.1, 0.15) is 0 Å². The molecular weight excluding hydrogens is 334 g/mol. The fourth-order valence-corrected chi connectivity index (χ4v) is 2.87. The van der Waals surface area contributed by atoms with E-state index in [9.17, 15) is 4.79 Å². The summed E-state index contributed by atoms with van der Waals surface area (Å²) in [4.78, 5) is 12.1. The van der Waals surface area contributed by atoms with Gasteiger partial charge in [0.2, 0.25) is 5.91 Å². The van der Waals surface area contributed by atoms with Gasteiger partial charge in [-0.05, 0) is 30.3 Å². The lowest BCUT2D eigenvalue weighted by atomic mass is 10.1. The van der Waals surface area contributed by atoms with Crippen LogP contribution in [0.2, 0.25) is 5.02 Å². The van der Waals surface area contributed by atoms with Crippen LogP contribution < -0.4 is 5.32 Å². The molecule has 0 radical (unpaired) electrons. The van der Waals surface area contributed by atoms with Crippen LogP contribution in [0.25, 0.3) is 17.0 Å². The van der Waals surface area contributed by atoms with Crippen molar-refractivity contribution in [3.8, 4) is 6.07 Å². The fraction of sp³-hybridized carbons (Fsp3) is 0.100. The molecule has 1 amide bonds. The molecule has 124 valence electrons. The number of rotatable bonds is 5. The largest absolute Gasteiger partial charge is 0.346 e. The summed E-state index contributed by atoms with van der Waals surface area (Å²) in [5, 5.41) is 13.2. The maximum absolute atomic E-state index is 12.1. The number of fused-ring (bicyclic) bond motifs is 1. The zero-order chi connectivity index (χ0) is 17.6. The van der Waals surface area contributed by atoms with Gasteiger partial charge in [-0.25, -0.2) is 0 Å². The Labute approximate surface area is 150 Å². The molecule has 3 rings (SSSR count). The van der Waals surface area contributed by atoms with Crippen LogP contribution in [-0.4, -0.2) is 10.5 Å². The zero-order valence-corrected chi connectivity index (χ0v) is 14.2. The molecule has 0 saturated heterocycles. The first-order valence-electron chi connectivity index (χ1n) is 7.87. The van der Waals surface area contributed by atoms with Crippen molar-refractivity contribution in [2.45, 2.75) is 13.0 Å². The molecule has 2 aromatic carbocycles. The lowest BCUT2D eigenvalue weighted by molar-refractivity contribution is -0.111. The summed E-state index contributed by atoms with van der Waals surface area (Å²) in [5.74, 6) is -0.226. The molecule has 0 bridgehead atoms. The van der Waals surface area contributed by atoms with Gasteiger partial charge >= 0.3 is 0 Å². The third-order valence-electron chi connectivity index (χ3n) is 3.79. The Hall–Kier alpha value is -3.03. The van der Waals surface area contributed by atoms with E-state index in [-0.39, 0.29) is 5.91 Å². The maximum atomic E-state index is 12.1. The molecule has 0 aliphatic carbocycles.